The van der Waals surface area contributed by atoms with Crippen LogP contribution in [0, 0.1) is 0 Å². The second-order valence-electron chi connectivity index (χ2n) is 4.15. The quantitative estimate of drug-likeness (QED) is 0.586. The fourth-order valence-corrected chi connectivity index (χ4v) is 2.51. The molecule has 1 rings (SSSR count). The second-order valence-corrected chi connectivity index (χ2v) is 4.71. The highest BCUT2D eigenvalue weighted by atomic mass is 79.9. The minimum absolute atomic E-state index is 0.0425. The average molecular weight is 360 g/mol. The molecule has 1 aromatic rings. The molecule has 0 amide bonds. The molecule has 0 aliphatic carbocycles. The van der Waals surface area contributed by atoms with Gasteiger partial charge in [-0.05, 0) is 18.9 Å². The number of aromatic carboxylic acids is 2. The molecule has 0 aliphatic heterocycles. The van der Waals surface area contributed by atoms with Gasteiger partial charge in [0.1, 0.15) is 5.69 Å². The van der Waals surface area contributed by atoms with Crippen molar-refractivity contribution in [3.63, 3.8) is 0 Å². The topological polar surface area (TPSA) is 114 Å². The summed E-state index contributed by atoms with van der Waals surface area (Å²) in [6, 6.07) is 0. The van der Waals surface area contributed by atoms with Crippen LogP contribution in [-0.4, -0.2) is 37.8 Å². The lowest BCUT2D eigenvalue weighted by Gasteiger charge is -2.17. The van der Waals surface area contributed by atoms with Crippen LogP contribution in [0.4, 0.5) is 0 Å². The first-order chi connectivity index (χ1) is 9.81. The first-order valence-corrected chi connectivity index (χ1v) is 7.29. The number of halogens is 1. The van der Waals surface area contributed by atoms with Crippen molar-refractivity contribution in [2.75, 3.05) is 5.33 Å². The van der Waals surface area contributed by atoms with Crippen molar-refractivity contribution in [2.24, 2.45) is 0 Å². The zero-order valence-corrected chi connectivity index (χ0v) is 13.1. The van der Waals surface area contributed by atoms with Crippen LogP contribution in [0.25, 0.3) is 0 Å². The van der Waals surface area contributed by atoms with E-state index in [0.717, 1.165) is 4.57 Å². The molecule has 114 valence electrons. The molecular weight excluding hydrogens is 346 g/mol. The van der Waals surface area contributed by atoms with Crippen LogP contribution in [-0.2, 0) is 13.0 Å². The number of carboxylic acids is 2. The number of pyridine rings is 1. The summed E-state index contributed by atoms with van der Waals surface area (Å²) in [5.74, 6) is -3.56. The molecule has 0 saturated heterocycles. The number of ketones is 1. The standard InChI is InChI=1S/C13H14BrNO6/c1-3-6-8(7(16)5-14)11(17)15(4-2)10(13(20)21)9(6)12(18)19/h3-5H2,1-2H3,(H,18,19)(H,20,21). The van der Waals surface area contributed by atoms with Crippen molar-refractivity contribution < 1.29 is 24.6 Å². The Kier molecular flexibility index (Phi) is 5.42. The summed E-state index contributed by atoms with van der Waals surface area (Å²) < 4.78 is 0.806. The third-order valence-electron chi connectivity index (χ3n) is 3.06. The van der Waals surface area contributed by atoms with Gasteiger partial charge >= 0.3 is 11.9 Å². The number of hydrogen-bond donors (Lipinski definition) is 2. The molecule has 0 fully saturated rings. The van der Waals surface area contributed by atoms with Gasteiger partial charge in [0.2, 0.25) is 0 Å². The molecule has 1 aromatic heterocycles. The van der Waals surface area contributed by atoms with Gasteiger partial charge in [0.25, 0.3) is 5.56 Å². The number of rotatable bonds is 6. The van der Waals surface area contributed by atoms with E-state index in [1.54, 1.807) is 6.92 Å². The molecule has 7 nitrogen and oxygen atoms in total. The molecule has 0 spiro atoms. The number of carboxylic acid groups (broad SMARTS) is 2. The van der Waals surface area contributed by atoms with Crippen molar-refractivity contribution in [3.05, 3.63) is 32.7 Å². The smallest absolute Gasteiger partial charge is 0.353 e. The monoisotopic (exact) mass is 359 g/mol. The Morgan fingerprint density at radius 2 is 1.67 bits per heavy atom. The zero-order chi connectivity index (χ0) is 16.3. The molecule has 8 heteroatoms. The first-order valence-electron chi connectivity index (χ1n) is 6.17. The predicted octanol–water partition coefficient (Wildman–Crippen LogP) is 1.40. The highest BCUT2D eigenvalue weighted by Gasteiger charge is 2.30. The Balaban J connectivity index is 4.08. The minimum Gasteiger partial charge on any atom is -0.478 e. The summed E-state index contributed by atoms with van der Waals surface area (Å²) in [4.78, 5) is 47.1. The van der Waals surface area contributed by atoms with Crippen LogP contribution in [0.5, 0.6) is 0 Å². The summed E-state index contributed by atoms with van der Waals surface area (Å²) in [6.45, 7) is 3.02. The molecule has 0 atom stereocenters. The van der Waals surface area contributed by atoms with Crippen molar-refractivity contribution in [1.82, 2.24) is 4.57 Å². The molecule has 0 bridgehead atoms. The van der Waals surface area contributed by atoms with Gasteiger partial charge < -0.3 is 14.8 Å². The Labute approximate surface area is 128 Å². The second kappa shape index (κ2) is 6.66. The van der Waals surface area contributed by atoms with Crippen molar-refractivity contribution in [1.29, 1.82) is 0 Å². The van der Waals surface area contributed by atoms with Gasteiger partial charge in [0.15, 0.2) is 5.78 Å². The summed E-state index contributed by atoms with van der Waals surface area (Å²) in [5.41, 5.74) is -2.19. The van der Waals surface area contributed by atoms with E-state index in [2.05, 4.69) is 15.9 Å². The summed E-state index contributed by atoms with van der Waals surface area (Å²) in [5, 5.41) is 18.4. The number of carbonyl (C=O) groups is 3. The Bertz CT molecular complexity index is 676. The third kappa shape index (κ3) is 2.90. The molecule has 0 aliphatic rings. The number of carbonyl (C=O) groups excluding carboxylic acids is 1. The van der Waals surface area contributed by atoms with Crippen molar-refractivity contribution >= 4 is 33.7 Å². The molecule has 0 aromatic carbocycles. The lowest BCUT2D eigenvalue weighted by molar-refractivity contribution is 0.0638. The Morgan fingerprint density at radius 1 is 1.10 bits per heavy atom. The van der Waals surface area contributed by atoms with E-state index in [9.17, 15) is 29.4 Å². The maximum Gasteiger partial charge on any atom is 0.353 e. The van der Waals surface area contributed by atoms with Crippen LogP contribution < -0.4 is 5.56 Å². The maximum atomic E-state index is 12.3. The van der Waals surface area contributed by atoms with Crippen LogP contribution in [0.3, 0.4) is 0 Å². The number of alkyl halides is 1. The largest absolute Gasteiger partial charge is 0.478 e. The Morgan fingerprint density at radius 3 is 2.00 bits per heavy atom. The fraction of sp³-hybridized carbons (Fsp3) is 0.385. The van der Waals surface area contributed by atoms with Crippen LogP contribution in [0.1, 0.15) is 50.6 Å². The highest BCUT2D eigenvalue weighted by Crippen LogP contribution is 2.19. The van der Waals surface area contributed by atoms with Gasteiger partial charge in [-0.1, -0.05) is 22.9 Å². The van der Waals surface area contributed by atoms with Gasteiger partial charge in [-0.3, -0.25) is 9.59 Å². The van der Waals surface area contributed by atoms with Crippen LogP contribution >= 0.6 is 15.9 Å². The summed E-state index contributed by atoms with van der Waals surface area (Å²) in [7, 11) is 0. The van der Waals surface area contributed by atoms with Gasteiger partial charge in [-0.2, -0.15) is 0 Å². The predicted molar refractivity (Wildman–Crippen MR) is 77.8 cm³/mol. The van der Waals surface area contributed by atoms with Crippen molar-refractivity contribution in [3.8, 4) is 0 Å². The van der Waals surface area contributed by atoms with E-state index in [0.29, 0.717) is 0 Å². The van der Waals surface area contributed by atoms with E-state index >= 15 is 0 Å². The van der Waals surface area contributed by atoms with E-state index in [-0.39, 0.29) is 29.4 Å². The van der Waals surface area contributed by atoms with Crippen molar-refractivity contribution in [2.45, 2.75) is 26.8 Å². The number of nitrogens with zero attached hydrogens (tertiary/aromatic N) is 1. The first kappa shape index (κ1) is 17.1. The molecule has 2 N–H and O–H groups in total. The average Bonchev–Trinajstić information content (AvgIpc) is 2.44. The fourth-order valence-electron chi connectivity index (χ4n) is 2.23. The Hall–Kier alpha value is -1.96. The molecule has 21 heavy (non-hydrogen) atoms. The van der Waals surface area contributed by atoms with Crippen LogP contribution in [0.2, 0.25) is 0 Å². The van der Waals surface area contributed by atoms with Gasteiger partial charge in [-0.15, -0.1) is 0 Å². The molecule has 0 saturated carbocycles. The zero-order valence-electron chi connectivity index (χ0n) is 11.5. The van der Waals surface area contributed by atoms with Crippen LogP contribution in [0.15, 0.2) is 4.79 Å². The number of hydrogen-bond acceptors (Lipinski definition) is 4. The number of Topliss-reactive ketones (excluding diaryl/α,β-unsaturated/α-hetero) is 1. The molecule has 0 radical (unpaired) electrons. The highest BCUT2D eigenvalue weighted by molar-refractivity contribution is 9.09. The van der Waals surface area contributed by atoms with Gasteiger partial charge in [0, 0.05) is 6.54 Å². The van der Waals surface area contributed by atoms with E-state index in [1.807, 2.05) is 0 Å². The van der Waals surface area contributed by atoms with Gasteiger partial charge in [0.05, 0.1) is 16.5 Å². The molecule has 1 heterocycles. The van der Waals surface area contributed by atoms with Gasteiger partial charge in [-0.25, -0.2) is 9.59 Å². The lowest BCUT2D eigenvalue weighted by Crippen LogP contribution is -2.35. The minimum atomic E-state index is -1.51. The van der Waals surface area contributed by atoms with E-state index in [1.165, 1.54) is 6.92 Å². The third-order valence-corrected chi connectivity index (χ3v) is 3.57. The number of aromatic nitrogens is 1. The SMILES string of the molecule is CCc1c(C(=O)O)c(C(=O)O)n(CC)c(=O)c1C(=O)CBr. The molecular formula is C13H14BrNO6. The normalized spacial score (nSPS) is 10.4. The van der Waals surface area contributed by atoms with E-state index < -0.39 is 34.5 Å². The summed E-state index contributed by atoms with van der Waals surface area (Å²) >= 11 is 2.94. The maximum absolute atomic E-state index is 12.3. The summed E-state index contributed by atoms with van der Waals surface area (Å²) in [6.07, 6.45) is 0.0653. The molecule has 0 unspecified atom stereocenters. The lowest BCUT2D eigenvalue weighted by atomic mass is 9.96. The van der Waals surface area contributed by atoms with E-state index in [4.69, 9.17) is 0 Å².